The topological polar surface area (TPSA) is 36.1 Å². The van der Waals surface area contributed by atoms with Crippen molar-refractivity contribution >= 4 is 28.6 Å². The zero-order chi connectivity index (χ0) is 21.2. The minimum absolute atomic E-state index is 0.0738. The number of nitrogens with one attached hydrogen (secondary N) is 1. The average Bonchev–Trinajstić information content (AvgIpc) is 3.21. The fraction of sp³-hybridized carbons (Fsp3) is 0.222. The molecule has 0 fully saturated rings. The first-order valence-corrected chi connectivity index (χ1v) is 12.0. The molecule has 3 nitrogen and oxygen atoms in total. The van der Waals surface area contributed by atoms with Crippen LogP contribution in [0.4, 0.5) is 0 Å². The second-order valence-corrected chi connectivity index (χ2v) is 8.94. The summed E-state index contributed by atoms with van der Waals surface area (Å²) in [5.41, 5.74) is 6.04. The molecule has 0 radical (unpaired) electrons. The normalized spacial score (nSPS) is 15.8. The molecule has 156 valence electrons. The molecule has 1 amide bonds. The molecule has 1 aliphatic rings. The van der Waals surface area contributed by atoms with Crippen LogP contribution >= 0.6 is 11.8 Å². The molecule has 1 unspecified atom stereocenters. The Kier molecular flexibility index (Phi) is 5.56. The number of thioether (sulfide) groups is 1. The van der Waals surface area contributed by atoms with Crippen LogP contribution in [0.1, 0.15) is 34.8 Å². The first kappa shape index (κ1) is 20.0. The van der Waals surface area contributed by atoms with Crippen LogP contribution in [0.15, 0.2) is 83.8 Å². The number of H-pyrrole nitrogens is 1. The van der Waals surface area contributed by atoms with Gasteiger partial charge in [0.25, 0.3) is 0 Å². The number of nitrogens with zero attached hydrogens (tertiary/aromatic N) is 1. The minimum atomic E-state index is -0.0738. The van der Waals surface area contributed by atoms with Gasteiger partial charge < -0.3 is 9.88 Å². The second-order valence-electron chi connectivity index (χ2n) is 8.06. The predicted octanol–water partition coefficient (Wildman–Crippen LogP) is 6.00. The zero-order valence-electron chi connectivity index (χ0n) is 17.7. The smallest absolute Gasteiger partial charge is 0.223 e. The SMILES string of the molecule is CSc1ccc(C2c3[nH]c4ccccc4c3CCN2C(=O)CCc2ccccc2)cc1. The number of hydrogen-bond acceptors (Lipinski definition) is 2. The number of aromatic nitrogens is 1. The van der Waals surface area contributed by atoms with Gasteiger partial charge in [0.05, 0.1) is 6.04 Å². The summed E-state index contributed by atoms with van der Waals surface area (Å²) in [6.45, 7) is 0.747. The van der Waals surface area contributed by atoms with E-state index in [1.54, 1.807) is 11.8 Å². The summed E-state index contributed by atoms with van der Waals surface area (Å²) in [7, 11) is 0. The summed E-state index contributed by atoms with van der Waals surface area (Å²) in [6, 6.07) is 27.3. The van der Waals surface area contributed by atoms with E-state index < -0.39 is 0 Å². The van der Waals surface area contributed by atoms with Crippen molar-refractivity contribution in [1.82, 2.24) is 9.88 Å². The van der Waals surface area contributed by atoms with Crippen LogP contribution in [0.25, 0.3) is 10.9 Å². The van der Waals surface area contributed by atoms with Crippen molar-refractivity contribution in [3.8, 4) is 0 Å². The maximum absolute atomic E-state index is 13.4. The first-order chi connectivity index (χ1) is 15.2. The third kappa shape index (κ3) is 3.88. The lowest BCUT2D eigenvalue weighted by Gasteiger charge is -2.36. The van der Waals surface area contributed by atoms with Crippen LogP contribution in [-0.4, -0.2) is 28.6 Å². The Balaban J connectivity index is 1.51. The van der Waals surface area contributed by atoms with E-state index in [-0.39, 0.29) is 11.9 Å². The lowest BCUT2D eigenvalue weighted by molar-refractivity contribution is -0.133. The van der Waals surface area contributed by atoms with Gasteiger partial charge in [-0.1, -0.05) is 60.7 Å². The summed E-state index contributed by atoms with van der Waals surface area (Å²) in [5, 5.41) is 1.28. The largest absolute Gasteiger partial charge is 0.356 e. The van der Waals surface area contributed by atoms with Gasteiger partial charge in [0.2, 0.25) is 5.91 Å². The highest BCUT2D eigenvalue weighted by atomic mass is 32.2. The lowest BCUT2D eigenvalue weighted by Crippen LogP contribution is -2.40. The van der Waals surface area contributed by atoms with Crippen LogP contribution in [-0.2, 0) is 17.6 Å². The Morgan fingerprint density at radius 1 is 1.00 bits per heavy atom. The van der Waals surface area contributed by atoms with E-state index >= 15 is 0 Å². The van der Waals surface area contributed by atoms with Crippen LogP contribution in [0, 0.1) is 0 Å². The molecule has 0 saturated carbocycles. The molecule has 1 aliphatic heterocycles. The Labute approximate surface area is 187 Å². The molecule has 4 aromatic rings. The quantitative estimate of drug-likeness (QED) is 0.398. The van der Waals surface area contributed by atoms with E-state index in [0.717, 1.165) is 30.6 Å². The van der Waals surface area contributed by atoms with E-state index in [2.05, 4.69) is 76.8 Å². The monoisotopic (exact) mass is 426 g/mol. The number of carbonyl (C=O) groups excluding carboxylic acids is 1. The van der Waals surface area contributed by atoms with Gasteiger partial charge in [0.15, 0.2) is 0 Å². The van der Waals surface area contributed by atoms with Gasteiger partial charge in [0.1, 0.15) is 0 Å². The zero-order valence-corrected chi connectivity index (χ0v) is 18.5. The molecule has 1 N–H and O–H groups in total. The van der Waals surface area contributed by atoms with E-state index in [1.165, 1.54) is 27.0 Å². The molecule has 0 bridgehead atoms. The van der Waals surface area contributed by atoms with E-state index in [1.807, 2.05) is 18.2 Å². The summed E-state index contributed by atoms with van der Waals surface area (Å²) in [4.78, 5) is 20.4. The molecule has 5 rings (SSSR count). The third-order valence-electron chi connectivity index (χ3n) is 6.26. The van der Waals surface area contributed by atoms with Crippen LogP contribution < -0.4 is 0 Å². The summed E-state index contributed by atoms with van der Waals surface area (Å²) in [5.74, 6) is 0.215. The molecule has 0 spiro atoms. The number of aromatic amines is 1. The summed E-state index contributed by atoms with van der Waals surface area (Å²) in [6.07, 6.45) is 4.27. The Morgan fingerprint density at radius 3 is 2.52 bits per heavy atom. The van der Waals surface area contributed by atoms with Crippen molar-refractivity contribution in [3.05, 3.63) is 101 Å². The summed E-state index contributed by atoms with van der Waals surface area (Å²) < 4.78 is 0. The van der Waals surface area contributed by atoms with Gasteiger partial charge >= 0.3 is 0 Å². The van der Waals surface area contributed by atoms with E-state index in [0.29, 0.717) is 6.42 Å². The summed E-state index contributed by atoms with van der Waals surface area (Å²) >= 11 is 1.74. The molecule has 1 aromatic heterocycles. The number of amides is 1. The number of rotatable bonds is 5. The Morgan fingerprint density at radius 2 is 1.74 bits per heavy atom. The third-order valence-corrected chi connectivity index (χ3v) is 7.00. The molecule has 4 heteroatoms. The predicted molar refractivity (Wildman–Crippen MR) is 129 cm³/mol. The van der Waals surface area contributed by atoms with E-state index in [9.17, 15) is 4.79 Å². The highest BCUT2D eigenvalue weighted by molar-refractivity contribution is 7.98. The molecule has 2 heterocycles. The van der Waals surface area contributed by atoms with Crippen molar-refractivity contribution in [3.63, 3.8) is 0 Å². The number of fused-ring (bicyclic) bond motifs is 3. The molecule has 0 saturated heterocycles. The lowest BCUT2D eigenvalue weighted by atomic mass is 9.92. The van der Waals surface area contributed by atoms with Crippen molar-refractivity contribution in [1.29, 1.82) is 0 Å². The molecule has 0 aliphatic carbocycles. The molecular weight excluding hydrogens is 400 g/mol. The highest BCUT2D eigenvalue weighted by Crippen LogP contribution is 2.39. The van der Waals surface area contributed by atoms with Crippen LogP contribution in [0.5, 0.6) is 0 Å². The van der Waals surface area contributed by atoms with E-state index in [4.69, 9.17) is 0 Å². The maximum atomic E-state index is 13.4. The first-order valence-electron chi connectivity index (χ1n) is 10.8. The van der Waals surface area contributed by atoms with Gasteiger partial charge in [-0.05, 0) is 54.0 Å². The van der Waals surface area contributed by atoms with Crippen molar-refractivity contribution in [2.75, 3.05) is 12.8 Å². The van der Waals surface area contributed by atoms with Gasteiger partial charge in [-0.3, -0.25) is 4.79 Å². The Hall–Kier alpha value is -2.98. The molecule has 31 heavy (non-hydrogen) atoms. The number of para-hydroxylation sites is 1. The maximum Gasteiger partial charge on any atom is 0.223 e. The fourth-order valence-corrected chi connectivity index (χ4v) is 5.09. The van der Waals surface area contributed by atoms with Gasteiger partial charge in [0, 0.05) is 34.5 Å². The molecule has 1 atom stereocenters. The van der Waals surface area contributed by atoms with Crippen molar-refractivity contribution < 1.29 is 4.79 Å². The minimum Gasteiger partial charge on any atom is -0.356 e. The standard InChI is InChI=1S/C27H26N2OS/c1-31-21-14-12-20(13-15-21)27-26-23(22-9-5-6-10-24(22)28-26)17-18-29(27)25(30)16-11-19-7-3-2-4-8-19/h2-10,12-15,27-28H,11,16-18H2,1H3. The van der Waals surface area contributed by atoms with Crippen molar-refractivity contribution in [2.24, 2.45) is 0 Å². The number of aryl methyl sites for hydroxylation is 1. The number of carbonyl (C=O) groups is 1. The number of benzene rings is 3. The fourth-order valence-electron chi connectivity index (χ4n) is 4.68. The van der Waals surface area contributed by atoms with Gasteiger partial charge in [-0.25, -0.2) is 0 Å². The van der Waals surface area contributed by atoms with Crippen LogP contribution in [0.3, 0.4) is 0 Å². The average molecular weight is 427 g/mol. The van der Waals surface area contributed by atoms with Gasteiger partial charge in [-0.15, -0.1) is 11.8 Å². The second kappa shape index (κ2) is 8.64. The Bertz CT molecular complexity index is 1200. The number of hydrogen-bond donors (Lipinski definition) is 1. The van der Waals surface area contributed by atoms with Gasteiger partial charge in [-0.2, -0.15) is 0 Å². The highest BCUT2D eigenvalue weighted by Gasteiger charge is 2.34. The van der Waals surface area contributed by atoms with Crippen LogP contribution in [0.2, 0.25) is 0 Å². The molecular formula is C27H26N2OS. The molecule has 3 aromatic carbocycles. The van der Waals surface area contributed by atoms with Crippen molar-refractivity contribution in [2.45, 2.75) is 30.2 Å².